The number of nitrogens with zero attached hydrogens (tertiary/aromatic N) is 2. The van der Waals surface area contributed by atoms with Crippen LogP contribution in [0.1, 0.15) is 18.0 Å². The van der Waals surface area contributed by atoms with Gasteiger partial charge in [0.2, 0.25) is 0 Å². The summed E-state index contributed by atoms with van der Waals surface area (Å²) in [6.45, 7) is 4.03. The Bertz CT molecular complexity index is 618. The molecule has 3 rings (SSSR count). The maximum atomic E-state index is 9.21. The summed E-state index contributed by atoms with van der Waals surface area (Å²) in [5, 5.41) is 15.1. The molecule has 0 spiro atoms. The summed E-state index contributed by atoms with van der Waals surface area (Å²) in [6.07, 6.45) is 0.550. The van der Waals surface area contributed by atoms with Crippen LogP contribution in [-0.2, 0) is 0 Å². The van der Waals surface area contributed by atoms with E-state index in [9.17, 15) is 5.26 Å². The molecule has 1 fully saturated rings. The Balaban J connectivity index is 2.02. The number of nitriles is 1. The third-order valence-corrected chi connectivity index (χ3v) is 4.06. The van der Waals surface area contributed by atoms with Gasteiger partial charge in [-0.1, -0.05) is 42.5 Å². The van der Waals surface area contributed by atoms with Crippen LogP contribution in [0.4, 0.5) is 0 Å². The van der Waals surface area contributed by atoms with Crippen molar-refractivity contribution in [2.45, 2.75) is 12.5 Å². The maximum Gasteiger partial charge on any atom is 0.0641 e. The van der Waals surface area contributed by atoms with E-state index in [-0.39, 0.29) is 6.04 Å². The Labute approximate surface area is 119 Å². The van der Waals surface area contributed by atoms with Crippen LogP contribution in [0.3, 0.4) is 0 Å². The fraction of sp³-hybridized carbons (Fsp3) is 0.353. The number of benzene rings is 2. The highest BCUT2D eigenvalue weighted by molar-refractivity contribution is 5.86. The minimum absolute atomic E-state index is 0.202. The molecule has 0 bridgehead atoms. The van der Waals surface area contributed by atoms with Gasteiger partial charge in [0.05, 0.1) is 12.5 Å². The minimum Gasteiger partial charge on any atom is -0.314 e. The van der Waals surface area contributed by atoms with E-state index >= 15 is 0 Å². The normalized spacial score (nSPS) is 17.8. The van der Waals surface area contributed by atoms with Crippen molar-refractivity contribution >= 4 is 10.8 Å². The van der Waals surface area contributed by atoms with Crippen molar-refractivity contribution in [1.29, 1.82) is 5.26 Å². The summed E-state index contributed by atoms with van der Waals surface area (Å²) >= 11 is 0. The number of fused-ring (bicyclic) bond motifs is 1. The number of hydrogen-bond donors (Lipinski definition) is 1. The van der Waals surface area contributed by atoms with Crippen molar-refractivity contribution in [3.63, 3.8) is 0 Å². The molecular weight excluding hydrogens is 246 g/mol. The first-order valence-electron chi connectivity index (χ1n) is 7.19. The molecule has 2 aromatic rings. The van der Waals surface area contributed by atoms with Crippen molar-refractivity contribution < 1.29 is 0 Å². The predicted molar refractivity (Wildman–Crippen MR) is 81.4 cm³/mol. The van der Waals surface area contributed by atoms with Crippen molar-refractivity contribution in [2.24, 2.45) is 0 Å². The number of hydrogen-bond acceptors (Lipinski definition) is 3. The van der Waals surface area contributed by atoms with E-state index in [1.54, 1.807) is 0 Å². The highest BCUT2D eigenvalue weighted by Gasteiger charge is 2.23. The highest BCUT2D eigenvalue weighted by Crippen LogP contribution is 2.30. The standard InChI is InChI=1S/C17H19N3/c18-9-8-17(20-12-10-19-11-13-20)16-7-3-5-14-4-1-2-6-15(14)16/h1-7,17,19H,8,10-13H2/t17-/m0/s1. The van der Waals surface area contributed by atoms with Crippen LogP contribution < -0.4 is 5.32 Å². The molecule has 1 N–H and O–H groups in total. The van der Waals surface area contributed by atoms with Crippen LogP contribution in [-0.4, -0.2) is 31.1 Å². The molecule has 102 valence electrons. The Morgan fingerprint density at radius 1 is 1.10 bits per heavy atom. The zero-order chi connectivity index (χ0) is 13.8. The molecule has 1 aliphatic rings. The van der Waals surface area contributed by atoms with Crippen molar-refractivity contribution in [3.8, 4) is 6.07 Å². The largest absolute Gasteiger partial charge is 0.314 e. The third kappa shape index (κ3) is 2.53. The summed E-state index contributed by atoms with van der Waals surface area (Å²) in [6, 6.07) is 17.4. The third-order valence-electron chi connectivity index (χ3n) is 4.06. The van der Waals surface area contributed by atoms with E-state index in [0.717, 1.165) is 26.2 Å². The topological polar surface area (TPSA) is 39.1 Å². The smallest absolute Gasteiger partial charge is 0.0641 e. The van der Waals surface area contributed by atoms with Gasteiger partial charge in [0.25, 0.3) is 0 Å². The lowest BCUT2D eigenvalue weighted by Gasteiger charge is -2.34. The average molecular weight is 265 g/mol. The van der Waals surface area contributed by atoms with Crippen LogP contribution in [0, 0.1) is 11.3 Å². The summed E-state index contributed by atoms with van der Waals surface area (Å²) in [5.74, 6) is 0. The van der Waals surface area contributed by atoms with Gasteiger partial charge >= 0.3 is 0 Å². The maximum absolute atomic E-state index is 9.21. The summed E-state index contributed by atoms with van der Waals surface area (Å²) < 4.78 is 0. The van der Waals surface area contributed by atoms with Gasteiger partial charge in [-0.3, -0.25) is 4.90 Å². The lowest BCUT2D eigenvalue weighted by Crippen LogP contribution is -2.45. The summed E-state index contributed by atoms with van der Waals surface area (Å²) in [5.41, 5.74) is 1.28. The molecule has 20 heavy (non-hydrogen) atoms. The first kappa shape index (κ1) is 13.1. The van der Waals surface area contributed by atoms with Crippen LogP contribution in [0.5, 0.6) is 0 Å². The van der Waals surface area contributed by atoms with Gasteiger partial charge in [-0.05, 0) is 16.3 Å². The summed E-state index contributed by atoms with van der Waals surface area (Å²) in [7, 11) is 0. The molecule has 0 saturated carbocycles. The molecule has 1 aliphatic heterocycles. The Morgan fingerprint density at radius 2 is 1.85 bits per heavy atom. The molecule has 1 saturated heterocycles. The molecule has 0 amide bonds. The number of rotatable bonds is 3. The fourth-order valence-electron chi connectivity index (χ4n) is 3.06. The second-order valence-corrected chi connectivity index (χ2v) is 5.23. The number of nitrogens with one attached hydrogen (secondary N) is 1. The predicted octanol–water partition coefficient (Wildman–Crippen LogP) is 2.70. The Morgan fingerprint density at radius 3 is 2.65 bits per heavy atom. The van der Waals surface area contributed by atoms with Gasteiger partial charge in [0, 0.05) is 32.2 Å². The van der Waals surface area contributed by atoms with E-state index in [4.69, 9.17) is 0 Å². The first-order chi connectivity index (χ1) is 9.90. The second kappa shape index (κ2) is 6.04. The molecule has 0 aromatic heterocycles. The SMILES string of the molecule is N#CC[C@@H](c1cccc2ccccc12)N1CCNCC1. The van der Waals surface area contributed by atoms with Gasteiger partial charge < -0.3 is 5.32 Å². The number of piperazine rings is 1. The van der Waals surface area contributed by atoms with E-state index < -0.39 is 0 Å². The summed E-state index contributed by atoms with van der Waals surface area (Å²) in [4.78, 5) is 2.43. The monoisotopic (exact) mass is 265 g/mol. The van der Waals surface area contributed by atoms with Crippen LogP contribution in [0.25, 0.3) is 10.8 Å². The lowest BCUT2D eigenvalue weighted by atomic mass is 9.95. The lowest BCUT2D eigenvalue weighted by molar-refractivity contribution is 0.176. The highest BCUT2D eigenvalue weighted by atomic mass is 15.2. The van der Waals surface area contributed by atoms with E-state index in [0.29, 0.717) is 6.42 Å². The molecule has 1 atom stereocenters. The Hall–Kier alpha value is -1.89. The van der Waals surface area contributed by atoms with Crippen LogP contribution in [0.15, 0.2) is 42.5 Å². The molecule has 0 radical (unpaired) electrons. The molecule has 1 heterocycles. The quantitative estimate of drug-likeness (QED) is 0.927. The van der Waals surface area contributed by atoms with Crippen LogP contribution >= 0.6 is 0 Å². The van der Waals surface area contributed by atoms with E-state index in [2.05, 4.69) is 58.8 Å². The molecular formula is C17H19N3. The van der Waals surface area contributed by atoms with Gasteiger partial charge in [0.1, 0.15) is 0 Å². The second-order valence-electron chi connectivity index (χ2n) is 5.23. The zero-order valence-corrected chi connectivity index (χ0v) is 11.5. The first-order valence-corrected chi connectivity index (χ1v) is 7.19. The molecule has 3 nitrogen and oxygen atoms in total. The van der Waals surface area contributed by atoms with Crippen LogP contribution in [0.2, 0.25) is 0 Å². The molecule has 0 unspecified atom stereocenters. The van der Waals surface area contributed by atoms with E-state index in [1.807, 2.05) is 0 Å². The average Bonchev–Trinajstić information content (AvgIpc) is 2.53. The van der Waals surface area contributed by atoms with Gasteiger partial charge in [-0.15, -0.1) is 0 Å². The van der Waals surface area contributed by atoms with Gasteiger partial charge in [0.15, 0.2) is 0 Å². The van der Waals surface area contributed by atoms with Crippen molar-refractivity contribution in [1.82, 2.24) is 10.2 Å². The van der Waals surface area contributed by atoms with E-state index in [1.165, 1.54) is 16.3 Å². The van der Waals surface area contributed by atoms with Crippen molar-refractivity contribution in [3.05, 3.63) is 48.0 Å². The van der Waals surface area contributed by atoms with Gasteiger partial charge in [-0.25, -0.2) is 0 Å². The van der Waals surface area contributed by atoms with Gasteiger partial charge in [-0.2, -0.15) is 5.26 Å². The minimum atomic E-state index is 0.202. The Kier molecular flexibility index (Phi) is 3.96. The van der Waals surface area contributed by atoms with Crippen molar-refractivity contribution in [2.75, 3.05) is 26.2 Å². The zero-order valence-electron chi connectivity index (χ0n) is 11.5. The molecule has 2 aromatic carbocycles. The molecule has 3 heteroatoms. The fourth-order valence-corrected chi connectivity index (χ4v) is 3.06. The molecule has 0 aliphatic carbocycles.